The van der Waals surface area contributed by atoms with Crippen LogP contribution in [0.15, 0.2) is 48.5 Å². The molecule has 26 heavy (non-hydrogen) atoms. The fourth-order valence-electron chi connectivity index (χ4n) is 2.76. The first kappa shape index (κ1) is 17.6. The molecule has 1 amide bonds. The van der Waals surface area contributed by atoms with Gasteiger partial charge in [-0.15, -0.1) is 0 Å². The van der Waals surface area contributed by atoms with Crippen molar-refractivity contribution in [1.82, 2.24) is 9.97 Å². The molecule has 3 rings (SSSR count). The number of aryl methyl sites for hydroxylation is 4. The summed E-state index contributed by atoms with van der Waals surface area (Å²) in [6.07, 6.45) is 0. The van der Waals surface area contributed by atoms with Gasteiger partial charge in [-0.1, -0.05) is 35.9 Å². The van der Waals surface area contributed by atoms with Crippen LogP contribution < -0.4 is 10.1 Å². The van der Waals surface area contributed by atoms with Crippen LogP contribution in [0.1, 0.15) is 32.9 Å². The van der Waals surface area contributed by atoms with Gasteiger partial charge in [0.25, 0.3) is 5.91 Å². The molecule has 0 atom stereocenters. The smallest absolute Gasteiger partial charge is 0.322 e. The summed E-state index contributed by atoms with van der Waals surface area (Å²) in [7, 11) is 0. The van der Waals surface area contributed by atoms with Gasteiger partial charge < -0.3 is 10.1 Å². The minimum Gasteiger partial charge on any atom is -0.424 e. The molecular weight excluding hydrogens is 326 g/mol. The van der Waals surface area contributed by atoms with E-state index in [2.05, 4.69) is 15.3 Å². The van der Waals surface area contributed by atoms with Crippen LogP contribution in [0.3, 0.4) is 0 Å². The first-order valence-corrected chi connectivity index (χ1v) is 8.41. The summed E-state index contributed by atoms with van der Waals surface area (Å²) in [6.45, 7) is 7.57. The molecule has 0 spiro atoms. The van der Waals surface area contributed by atoms with Gasteiger partial charge in [0.15, 0.2) is 0 Å². The van der Waals surface area contributed by atoms with Crippen molar-refractivity contribution in [1.29, 1.82) is 0 Å². The summed E-state index contributed by atoms with van der Waals surface area (Å²) < 4.78 is 5.68. The molecule has 0 saturated carbocycles. The van der Waals surface area contributed by atoms with Gasteiger partial charge in [0, 0.05) is 5.56 Å². The van der Waals surface area contributed by atoms with Gasteiger partial charge >= 0.3 is 6.01 Å². The maximum atomic E-state index is 12.6. The number of hydrogen-bond donors (Lipinski definition) is 1. The Hall–Kier alpha value is -3.21. The van der Waals surface area contributed by atoms with E-state index in [1.54, 1.807) is 0 Å². The van der Waals surface area contributed by atoms with Gasteiger partial charge in [0.2, 0.25) is 0 Å². The lowest BCUT2D eigenvalue weighted by molar-refractivity contribution is 0.102. The van der Waals surface area contributed by atoms with Crippen molar-refractivity contribution in [2.45, 2.75) is 27.7 Å². The van der Waals surface area contributed by atoms with E-state index < -0.39 is 0 Å². The van der Waals surface area contributed by atoms with Gasteiger partial charge in [-0.25, -0.2) is 0 Å². The van der Waals surface area contributed by atoms with E-state index in [4.69, 9.17) is 4.74 Å². The van der Waals surface area contributed by atoms with Crippen molar-refractivity contribution < 1.29 is 9.53 Å². The Kier molecular flexibility index (Phi) is 4.98. The van der Waals surface area contributed by atoms with Gasteiger partial charge in [-0.2, -0.15) is 9.97 Å². The van der Waals surface area contributed by atoms with Crippen LogP contribution in [0.2, 0.25) is 0 Å². The average molecular weight is 347 g/mol. The summed E-state index contributed by atoms with van der Waals surface area (Å²) in [5.74, 6) is 0.493. The molecule has 5 heteroatoms. The minimum atomic E-state index is -0.172. The van der Waals surface area contributed by atoms with Crippen LogP contribution in [0.4, 0.5) is 5.69 Å². The van der Waals surface area contributed by atoms with Crippen molar-refractivity contribution >= 4 is 11.6 Å². The second-order valence-electron chi connectivity index (χ2n) is 6.24. The zero-order valence-corrected chi connectivity index (χ0v) is 15.3. The van der Waals surface area contributed by atoms with Crippen molar-refractivity contribution in [3.63, 3.8) is 0 Å². The van der Waals surface area contributed by atoms with Gasteiger partial charge in [-0.05, 0) is 51.5 Å². The Morgan fingerprint density at radius 2 is 1.58 bits per heavy atom. The van der Waals surface area contributed by atoms with E-state index in [0.717, 1.165) is 11.1 Å². The molecule has 132 valence electrons. The Morgan fingerprint density at radius 3 is 2.19 bits per heavy atom. The summed E-state index contributed by atoms with van der Waals surface area (Å²) in [5.41, 5.74) is 4.61. The number of benzene rings is 2. The molecule has 0 saturated heterocycles. The van der Waals surface area contributed by atoms with E-state index in [1.807, 2.05) is 76.2 Å². The van der Waals surface area contributed by atoms with Gasteiger partial charge in [0.05, 0.1) is 17.1 Å². The maximum Gasteiger partial charge on any atom is 0.322 e. The van der Waals surface area contributed by atoms with Crippen molar-refractivity contribution in [3.8, 4) is 11.8 Å². The molecule has 1 heterocycles. The van der Waals surface area contributed by atoms with Crippen molar-refractivity contribution in [3.05, 3.63) is 76.6 Å². The first-order valence-electron chi connectivity index (χ1n) is 8.41. The number of nitrogens with zero attached hydrogens (tertiary/aromatic N) is 2. The summed E-state index contributed by atoms with van der Waals surface area (Å²) >= 11 is 0. The highest BCUT2D eigenvalue weighted by Crippen LogP contribution is 2.24. The normalized spacial score (nSPS) is 10.5. The van der Waals surface area contributed by atoms with Gasteiger partial charge in [0.1, 0.15) is 5.75 Å². The third-order valence-electron chi connectivity index (χ3n) is 4.07. The Labute approximate surface area is 153 Å². The number of aromatic nitrogens is 2. The van der Waals surface area contributed by atoms with E-state index in [1.165, 1.54) is 0 Å². The second kappa shape index (κ2) is 7.35. The van der Waals surface area contributed by atoms with E-state index in [9.17, 15) is 4.79 Å². The predicted molar refractivity (Wildman–Crippen MR) is 102 cm³/mol. The van der Waals surface area contributed by atoms with Crippen molar-refractivity contribution in [2.75, 3.05) is 5.32 Å². The van der Waals surface area contributed by atoms with E-state index >= 15 is 0 Å². The highest BCUT2D eigenvalue weighted by Gasteiger charge is 2.15. The summed E-state index contributed by atoms with van der Waals surface area (Å²) in [4.78, 5) is 21.4. The molecule has 0 unspecified atom stereocenters. The molecule has 1 N–H and O–H groups in total. The number of nitrogens with one attached hydrogen (secondary N) is 1. The fraction of sp³-hybridized carbons (Fsp3) is 0.190. The van der Waals surface area contributed by atoms with Crippen LogP contribution in [0.5, 0.6) is 11.8 Å². The topological polar surface area (TPSA) is 64.1 Å². The monoisotopic (exact) mass is 347 g/mol. The third-order valence-corrected chi connectivity index (χ3v) is 4.07. The molecule has 0 radical (unpaired) electrons. The van der Waals surface area contributed by atoms with Gasteiger partial charge in [-0.3, -0.25) is 4.79 Å². The molecule has 0 aliphatic rings. The number of carbonyl (C=O) groups excluding carboxylic acids is 1. The number of amides is 1. The molecule has 1 aromatic heterocycles. The molecule has 5 nitrogen and oxygen atoms in total. The molecule has 2 aromatic carbocycles. The van der Waals surface area contributed by atoms with Crippen LogP contribution in [0, 0.1) is 27.7 Å². The lowest BCUT2D eigenvalue weighted by atomic mass is 10.1. The number of hydrogen-bond acceptors (Lipinski definition) is 4. The molecular formula is C21H21N3O2. The van der Waals surface area contributed by atoms with Crippen LogP contribution in [0.25, 0.3) is 0 Å². The first-order chi connectivity index (χ1) is 12.4. The van der Waals surface area contributed by atoms with Crippen LogP contribution in [-0.4, -0.2) is 15.9 Å². The Bertz CT molecular complexity index is 930. The third kappa shape index (κ3) is 3.88. The molecule has 0 fully saturated rings. The quantitative estimate of drug-likeness (QED) is 0.739. The van der Waals surface area contributed by atoms with Crippen LogP contribution >= 0.6 is 0 Å². The maximum absolute atomic E-state index is 12.6. The molecule has 0 aliphatic carbocycles. The highest BCUT2D eigenvalue weighted by molar-refractivity contribution is 6.05. The summed E-state index contributed by atoms with van der Waals surface area (Å²) in [6, 6.07) is 15.4. The second-order valence-corrected chi connectivity index (χ2v) is 6.24. The minimum absolute atomic E-state index is 0.172. The standard InChI is InChI=1S/C21H21N3O2/c1-13-10-11-18(14(2)12-13)20(25)24-19-15(3)22-21(23-16(19)4)26-17-8-6-5-7-9-17/h5-12H,1-4H3,(H,24,25). The zero-order valence-electron chi connectivity index (χ0n) is 15.3. The lowest BCUT2D eigenvalue weighted by Gasteiger charge is -2.13. The van der Waals surface area contributed by atoms with Crippen LogP contribution in [-0.2, 0) is 0 Å². The van der Waals surface area contributed by atoms with Crippen molar-refractivity contribution in [2.24, 2.45) is 0 Å². The highest BCUT2D eigenvalue weighted by atomic mass is 16.5. The Morgan fingerprint density at radius 1 is 0.923 bits per heavy atom. The van der Waals surface area contributed by atoms with E-state index in [-0.39, 0.29) is 11.9 Å². The number of para-hydroxylation sites is 1. The number of rotatable bonds is 4. The number of anilines is 1. The molecule has 0 bridgehead atoms. The average Bonchev–Trinajstić information content (AvgIpc) is 2.59. The lowest BCUT2D eigenvalue weighted by Crippen LogP contribution is -2.16. The largest absolute Gasteiger partial charge is 0.424 e. The number of carbonyl (C=O) groups is 1. The Balaban J connectivity index is 1.83. The van der Waals surface area contributed by atoms with E-state index in [0.29, 0.717) is 28.4 Å². The fourth-order valence-corrected chi connectivity index (χ4v) is 2.76. The molecule has 0 aliphatic heterocycles. The summed E-state index contributed by atoms with van der Waals surface area (Å²) in [5, 5.41) is 2.93. The molecule has 3 aromatic rings. The predicted octanol–water partition coefficient (Wildman–Crippen LogP) is 4.75. The zero-order chi connectivity index (χ0) is 18.7. The SMILES string of the molecule is Cc1ccc(C(=O)Nc2c(C)nc(Oc3ccccc3)nc2C)c(C)c1. The number of ether oxygens (including phenoxy) is 1.